The van der Waals surface area contributed by atoms with E-state index in [0.717, 1.165) is 11.1 Å². The van der Waals surface area contributed by atoms with Gasteiger partial charge in [-0.25, -0.2) is 4.39 Å². The second-order valence-electron chi connectivity index (χ2n) is 3.13. The van der Waals surface area contributed by atoms with Crippen LogP contribution in [-0.4, -0.2) is 6.54 Å². The van der Waals surface area contributed by atoms with Crippen LogP contribution in [0.1, 0.15) is 17.5 Å². The Balaban J connectivity index is 2.95. The van der Waals surface area contributed by atoms with Gasteiger partial charge in [-0.3, -0.25) is 0 Å². The lowest BCUT2D eigenvalue weighted by molar-refractivity contribution is 0.622. The molecule has 0 unspecified atom stereocenters. The summed E-state index contributed by atoms with van der Waals surface area (Å²) in [5.41, 5.74) is 7.63. The average molecular weight is 179 g/mol. The summed E-state index contributed by atoms with van der Waals surface area (Å²) in [5.74, 6) is -0.210. The van der Waals surface area contributed by atoms with E-state index in [-0.39, 0.29) is 5.82 Å². The molecule has 0 amide bonds. The van der Waals surface area contributed by atoms with Crippen molar-refractivity contribution in [1.29, 1.82) is 0 Å². The number of halogens is 1. The highest BCUT2D eigenvalue weighted by Gasteiger charge is 2.04. The van der Waals surface area contributed by atoms with Gasteiger partial charge < -0.3 is 5.73 Å². The van der Waals surface area contributed by atoms with Crippen molar-refractivity contribution < 1.29 is 4.39 Å². The van der Waals surface area contributed by atoms with Crippen molar-refractivity contribution in [3.8, 4) is 0 Å². The summed E-state index contributed by atoms with van der Waals surface area (Å²) >= 11 is 0. The standard InChI is InChI=1S/C11H14FN/c1-8-3-4-10(11(12)7-8)9(2)5-6-13/h3-4,7H,2,5-6,13H2,1H3. The molecule has 1 rings (SSSR count). The van der Waals surface area contributed by atoms with Gasteiger partial charge in [-0.2, -0.15) is 0 Å². The minimum absolute atomic E-state index is 0.210. The molecule has 2 heteroatoms. The lowest BCUT2D eigenvalue weighted by Gasteiger charge is -2.06. The highest BCUT2D eigenvalue weighted by molar-refractivity contribution is 5.64. The SMILES string of the molecule is C=C(CCN)c1ccc(C)cc1F. The Morgan fingerprint density at radius 1 is 1.54 bits per heavy atom. The van der Waals surface area contributed by atoms with Gasteiger partial charge in [-0.15, -0.1) is 0 Å². The van der Waals surface area contributed by atoms with E-state index in [9.17, 15) is 4.39 Å². The fourth-order valence-electron chi connectivity index (χ4n) is 1.22. The molecule has 1 aromatic carbocycles. The van der Waals surface area contributed by atoms with E-state index >= 15 is 0 Å². The first-order valence-corrected chi connectivity index (χ1v) is 4.29. The first kappa shape index (κ1) is 9.93. The van der Waals surface area contributed by atoms with E-state index in [1.165, 1.54) is 6.07 Å². The Bertz CT molecular complexity index is 318. The molecule has 0 aliphatic carbocycles. The van der Waals surface area contributed by atoms with Crippen LogP contribution in [-0.2, 0) is 0 Å². The van der Waals surface area contributed by atoms with Crippen molar-refractivity contribution in [3.05, 3.63) is 41.7 Å². The molecule has 0 heterocycles. The van der Waals surface area contributed by atoms with E-state index in [0.29, 0.717) is 18.5 Å². The molecule has 0 fully saturated rings. The van der Waals surface area contributed by atoms with E-state index in [2.05, 4.69) is 6.58 Å². The van der Waals surface area contributed by atoms with Crippen LogP contribution in [0, 0.1) is 12.7 Å². The number of hydrogen-bond acceptors (Lipinski definition) is 1. The topological polar surface area (TPSA) is 26.0 Å². The molecule has 0 aliphatic rings. The van der Waals surface area contributed by atoms with E-state index in [1.54, 1.807) is 6.07 Å². The van der Waals surface area contributed by atoms with Crippen LogP contribution in [0.4, 0.5) is 4.39 Å². The van der Waals surface area contributed by atoms with Crippen molar-refractivity contribution in [2.45, 2.75) is 13.3 Å². The molecule has 0 aromatic heterocycles. The van der Waals surface area contributed by atoms with Gasteiger partial charge in [0, 0.05) is 5.56 Å². The lowest BCUT2D eigenvalue weighted by Crippen LogP contribution is -2.00. The minimum Gasteiger partial charge on any atom is -0.330 e. The zero-order chi connectivity index (χ0) is 9.84. The summed E-state index contributed by atoms with van der Waals surface area (Å²) in [6.07, 6.45) is 0.639. The van der Waals surface area contributed by atoms with Gasteiger partial charge in [0.2, 0.25) is 0 Å². The Kier molecular flexibility index (Phi) is 3.20. The second kappa shape index (κ2) is 4.19. The predicted octanol–water partition coefficient (Wildman–Crippen LogP) is 2.50. The maximum absolute atomic E-state index is 13.3. The summed E-state index contributed by atoms with van der Waals surface area (Å²) in [6.45, 7) is 6.15. The fraction of sp³-hybridized carbons (Fsp3) is 0.273. The van der Waals surface area contributed by atoms with Gasteiger partial charge >= 0.3 is 0 Å². The van der Waals surface area contributed by atoms with Crippen LogP contribution in [0.3, 0.4) is 0 Å². The maximum atomic E-state index is 13.3. The molecule has 0 saturated heterocycles. The molecule has 1 nitrogen and oxygen atoms in total. The fourth-order valence-corrected chi connectivity index (χ4v) is 1.22. The molecule has 0 spiro atoms. The maximum Gasteiger partial charge on any atom is 0.130 e. The predicted molar refractivity (Wildman–Crippen MR) is 53.8 cm³/mol. The van der Waals surface area contributed by atoms with Gasteiger partial charge in [0.05, 0.1) is 0 Å². The largest absolute Gasteiger partial charge is 0.330 e. The van der Waals surface area contributed by atoms with Gasteiger partial charge in [0.1, 0.15) is 5.82 Å². The summed E-state index contributed by atoms with van der Waals surface area (Å²) in [7, 11) is 0. The monoisotopic (exact) mass is 179 g/mol. The number of nitrogens with two attached hydrogens (primary N) is 1. The molecule has 0 radical (unpaired) electrons. The number of rotatable bonds is 3. The van der Waals surface area contributed by atoms with Crippen LogP contribution < -0.4 is 5.73 Å². The molecular formula is C11H14FN. The van der Waals surface area contributed by atoms with Gasteiger partial charge in [0.15, 0.2) is 0 Å². The lowest BCUT2D eigenvalue weighted by atomic mass is 10.0. The van der Waals surface area contributed by atoms with Crippen molar-refractivity contribution in [1.82, 2.24) is 0 Å². The molecular weight excluding hydrogens is 165 g/mol. The Hall–Kier alpha value is -1.15. The Morgan fingerprint density at radius 2 is 2.23 bits per heavy atom. The van der Waals surface area contributed by atoms with E-state index in [4.69, 9.17) is 5.73 Å². The van der Waals surface area contributed by atoms with Crippen molar-refractivity contribution in [3.63, 3.8) is 0 Å². The normalized spacial score (nSPS) is 10.1. The molecule has 0 bridgehead atoms. The van der Waals surface area contributed by atoms with Gasteiger partial charge in [-0.1, -0.05) is 18.7 Å². The summed E-state index contributed by atoms with van der Waals surface area (Å²) in [4.78, 5) is 0. The number of benzene rings is 1. The van der Waals surface area contributed by atoms with Crippen LogP contribution in [0.15, 0.2) is 24.8 Å². The van der Waals surface area contributed by atoms with Gasteiger partial charge in [-0.05, 0) is 37.1 Å². The molecule has 13 heavy (non-hydrogen) atoms. The summed E-state index contributed by atoms with van der Waals surface area (Å²) in [6, 6.07) is 5.14. The number of aryl methyl sites for hydroxylation is 1. The second-order valence-corrected chi connectivity index (χ2v) is 3.13. The molecule has 0 saturated carbocycles. The highest BCUT2D eigenvalue weighted by atomic mass is 19.1. The Labute approximate surface area is 78.1 Å². The molecule has 0 atom stereocenters. The highest BCUT2D eigenvalue weighted by Crippen LogP contribution is 2.19. The molecule has 0 aliphatic heterocycles. The number of hydrogen-bond donors (Lipinski definition) is 1. The third-order valence-corrected chi connectivity index (χ3v) is 1.95. The van der Waals surface area contributed by atoms with Gasteiger partial charge in [0.25, 0.3) is 0 Å². The van der Waals surface area contributed by atoms with Crippen molar-refractivity contribution in [2.24, 2.45) is 5.73 Å². The van der Waals surface area contributed by atoms with Crippen LogP contribution in [0.5, 0.6) is 0 Å². The summed E-state index contributed by atoms with van der Waals surface area (Å²) < 4.78 is 13.3. The first-order valence-electron chi connectivity index (χ1n) is 4.29. The first-order chi connectivity index (χ1) is 6.15. The van der Waals surface area contributed by atoms with Crippen LogP contribution in [0.2, 0.25) is 0 Å². The molecule has 1 aromatic rings. The van der Waals surface area contributed by atoms with Crippen molar-refractivity contribution >= 4 is 5.57 Å². The summed E-state index contributed by atoms with van der Waals surface area (Å²) in [5, 5.41) is 0. The quantitative estimate of drug-likeness (QED) is 0.758. The smallest absolute Gasteiger partial charge is 0.130 e. The third kappa shape index (κ3) is 2.39. The Morgan fingerprint density at radius 3 is 2.77 bits per heavy atom. The third-order valence-electron chi connectivity index (χ3n) is 1.95. The van der Waals surface area contributed by atoms with E-state index < -0.39 is 0 Å². The minimum atomic E-state index is -0.210. The van der Waals surface area contributed by atoms with Crippen LogP contribution in [0.25, 0.3) is 5.57 Å². The zero-order valence-corrected chi connectivity index (χ0v) is 7.81. The van der Waals surface area contributed by atoms with Crippen LogP contribution >= 0.6 is 0 Å². The molecule has 2 N–H and O–H groups in total. The van der Waals surface area contributed by atoms with E-state index in [1.807, 2.05) is 13.0 Å². The zero-order valence-electron chi connectivity index (χ0n) is 7.81. The van der Waals surface area contributed by atoms with Crippen molar-refractivity contribution in [2.75, 3.05) is 6.54 Å². The molecule has 70 valence electrons. The average Bonchev–Trinajstić information content (AvgIpc) is 2.04.